The highest BCUT2D eigenvalue weighted by molar-refractivity contribution is 9.10. The first-order chi connectivity index (χ1) is 8.06. The van der Waals surface area contributed by atoms with E-state index >= 15 is 0 Å². The monoisotopic (exact) mass is 297 g/mol. The van der Waals surface area contributed by atoms with Crippen molar-refractivity contribution in [3.8, 4) is 0 Å². The summed E-state index contributed by atoms with van der Waals surface area (Å²) in [5.41, 5.74) is 0.177. The number of esters is 1. The maximum atomic E-state index is 12.0. The molecule has 1 atom stereocenters. The second-order valence-electron chi connectivity index (χ2n) is 4.54. The van der Waals surface area contributed by atoms with Crippen LogP contribution in [-0.2, 0) is 15.1 Å². The Balaban J connectivity index is 2.30. The smallest absolute Gasteiger partial charge is 0.330 e. The van der Waals surface area contributed by atoms with Gasteiger partial charge in [-0.2, -0.15) is 0 Å². The largest absolute Gasteiger partial charge is 0.467 e. The van der Waals surface area contributed by atoms with Crippen LogP contribution < -0.4 is 5.32 Å². The molecule has 1 unspecified atom stereocenters. The highest BCUT2D eigenvalue weighted by Gasteiger charge is 2.40. The standard InChI is InChI=1S/C13H16BrNO2/c1-13(12(16)17-2,15-11-7-8-11)9-3-5-10(14)6-4-9/h3-6,11,15H,7-8H2,1-2H3. The predicted molar refractivity (Wildman–Crippen MR) is 69.7 cm³/mol. The Hall–Kier alpha value is -0.870. The molecule has 1 aromatic carbocycles. The van der Waals surface area contributed by atoms with Crippen molar-refractivity contribution in [2.24, 2.45) is 0 Å². The van der Waals surface area contributed by atoms with Gasteiger partial charge in [0.15, 0.2) is 0 Å². The normalized spacial score (nSPS) is 18.5. The van der Waals surface area contributed by atoms with E-state index in [0.717, 1.165) is 22.9 Å². The van der Waals surface area contributed by atoms with E-state index in [4.69, 9.17) is 4.74 Å². The van der Waals surface area contributed by atoms with E-state index in [1.165, 1.54) is 7.11 Å². The number of hydrogen-bond acceptors (Lipinski definition) is 3. The first-order valence-corrected chi connectivity index (χ1v) is 6.48. The van der Waals surface area contributed by atoms with Crippen molar-refractivity contribution in [1.82, 2.24) is 5.32 Å². The van der Waals surface area contributed by atoms with Gasteiger partial charge in [-0.25, -0.2) is 4.79 Å². The van der Waals surface area contributed by atoms with Gasteiger partial charge >= 0.3 is 5.97 Å². The zero-order chi connectivity index (χ0) is 12.5. The van der Waals surface area contributed by atoms with E-state index in [0.29, 0.717) is 6.04 Å². The molecule has 1 fully saturated rings. The van der Waals surface area contributed by atoms with E-state index in [2.05, 4.69) is 21.2 Å². The lowest BCUT2D eigenvalue weighted by molar-refractivity contribution is -0.148. The molecule has 0 heterocycles. The molecule has 0 radical (unpaired) electrons. The van der Waals surface area contributed by atoms with Gasteiger partial charge in [0, 0.05) is 10.5 Å². The van der Waals surface area contributed by atoms with Crippen LogP contribution >= 0.6 is 15.9 Å². The molecule has 1 aliphatic rings. The van der Waals surface area contributed by atoms with Crippen molar-refractivity contribution in [3.05, 3.63) is 34.3 Å². The molecule has 0 bridgehead atoms. The summed E-state index contributed by atoms with van der Waals surface area (Å²) in [5, 5.41) is 3.36. The number of carbonyl (C=O) groups excluding carboxylic acids is 1. The average molecular weight is 298 g/mol. The van der Waals surface area contributed by atoms with Crippen LogP contribution in [0.5, 0.6) is 0 Å². The predicted octanol–water partition coefficient (Wildman–Crippen LogP) is 2.59. The van der Waals surface area contributed by atoms with E-state index < -0.39 is 5.54 Å². The third kappa shape index (κ3) is 2.69. The summed E-state index contributed by atoms with van der Waals surface area (Å²) in [4.78, 5) is 12.0. The van der Waals surface area contributed by atoms with E-state index in [1.807, 2.05) is 31.2 Å². The Morgan fingerprint density at radius 3 is 2.47 bits per heavy atom. The third-order valence-electron chi connectivity index (χ3n) is 3.09. The molecule has 17 heavy (non-hydrogen) atoms. The molecule has 0 spiro atoms. The minimum Gasteiger partial charge on any atom is -0.467 e. The first kappa shape index (κ1) is 12.6. The molecule has 3 nitrogen and oxygen atoms in total. The molecule has 2 rings (SSSR count). The summed E-state index contributed by atoms with van der Waals surface area (Å²) in [6.45, 7) is 1.88. The van der Waals surface area contributed by atoms with E-state index in [-0.39, 0.29) is 5.97 Å². The van der Waals surface area contributed by atoms with Crippen LogP contribution in [0.1, 0.15) is 25.3 Å². The number of benzene rings is 1. The number of halogens is 1. The van der Waals surface area contributed by atoms with Crippen molar-refractivity contribution in [2.75, 3.05) is 7.11 Å². The van der Waals surface area contributed by atoms with Crippen LogP contribution in [0.15, 0.2) is 28.7 Å². The summed E-state index contributed by atoms with van der Waals surface area (Å²) < 4.78 is 5.92. The Morgan fingerprint density at radius 2 is 2.00 bits per heavy atom. The molecule has 1 N–H and O–H groups in total. The minimum atomic E-state index is -0.753. The summed E-state index contributed by atoms with van der Waals surface area (Å²) >= 11 is 3.39. The fraction of sp³-hybridized carbons (Fsp3) is 0.462. The van der Waals surface area contributed by atoms with Gasteiger partial charge in [-0.05, 0) is 37.5 Å². The van der Waals surface area contributed by atoms with Crippen molar-refractivity contribution in [2.45, 2.75) is 31.3 Å². The van der Waals surface area contributed by atoms with Crippen molar-refractivity contribution < 1.29 is 9.53 Å². The number of rotatable bonds is 4. The van der Waals surface area contributed by atoms with E-state index in [1.54, 1.807) is 0 Å². The van der Waals surface area contributed by atoms with Crippen molar-refractivity contribution in [3.63, 3.8) is 0 Å². The summed E-state index contributed by atoms with van der Waals surface area (Å²) in [6.07, 6.45) is 2.26. The second kappa shape index (κ2) is 4.78. The molecule has 0 aromatic heterocycles. The van der Waals surface area contributed by atoms with Crippen molar-refractivity contribution >= 4 is 21.9 Å². The SMILES string of the molecule is COC(=O)C(C)(NC1CC1)c1ccc(Br)cc1. The molecule has 1 aliphatic carbocycles. The molecule has 1 saturated carbocycles. The summed E-state index contributed by atoms with van der Waals surface area (Å²) in [5.74, 6) is -0.244. The highest BCUT2D eigenvalue weighted by Crippen LogP contribution is 2.30. The molecule has 0 aliphatic heterocycles. The third-order valence-corrected chi connectivity index (χ3v) is 3.61. The van der Waals surface area contributed by atoms with Crippen LogP contribution in [0, 0.1) is 0 Å². The molecule has 92 valence electrons. The lowest BCUT2D eigenvalue weighted by atomic mass is 9.92. The van der Waals surface area contributed by atoms with Crippen LogP contribution in [0.25, 0.3) is 0 Å². The second-order valence-corrected chi connectivity index (χ2v) is 5.46. The Bertz CT molecular complexity index is 414. The number of ether oxygens (including phenoxy) is 1. The van der Waals surface area contributed by atoms with Crippen LogP contribution in [0.4, 0.5) is 0 Å². The van der Waals surface area contributed by atoms with Gasteiger partial charge < -0.3 is 4.74 Å². The minimum absolute atomic E-state index is 0.244. The molecule has 1 aromatic rings. The van der Waals surface area contributed by atoms with Gasteiger partial charge in [0.2, 0.25) is 0 Å². The molecular weight excluding hydrogens is 282 g/mol. The quantitative estimate of drug-likeness (QED) is 0.868. The fourth-order valence-electron chi connectivity index (χ4n) is 1.88. The zero-order valence-electron chi connectivity index (χ0n) is 10.00. The van der Waals surface area contributed by atoms with Crippen molar-refractivity contribution in [1.29, 1.82) is 0 Å². The van der Waals surface area contributed by atoms with Gasteiger partial charge in [-0.3, -0.25) is 5.32 Å². The maximum Gasteiger partial charge on any atom is 0.330 e. The van der Waals surface area contributed by atoms with Crippen LogP contribution in [0.2, 0.25) is 0 Å². The van der Waals surface area contributed by atoms with Crippen LogP contribution in [0.3, 0.4) is 0 Å². The maximum absolute atomic E-state index is 12.0. The van der Waals surface area contributed by atoms with Gasteiger partial charge in [-0.15, -0.1) is 0 Å². The molecular formula is C13H16BrNO2. The summed E-state index contributed by atoms with van der Waals surface area (Å²) in [7, 11) is 1.42. The number of hydrogen-bond donors (Lipinski definition) is 1. The Labute approximate surface area is 110 Å². The average Bonchev–Trinajstić information content (AvgIpc) is 3.12. The van der Waals surface area contributed by atoms with Gasteiger partial charge in [0.25, 0.3) is 0 Å². The summed E-state index contributed by atoms with van der Waals surface area (Å²) in [6, 6.07) is 8.19. The van der Waals surface area contributed by atoms with E-state index in [9.17, 15) is 4.79 Å². The molecule has 4 heteroatoms. The lowest BCUT2D eigenvalue weighted by Gasteiger charge is -2.28. The fourth-order valence-corrected chi connectivity index (χ4v) is 2.15. The lowest BCUT2D eigenvalue weighted by Crippen LogP contribution is -2.48. The Kier molecular flexibility index (Phi) is 3.54. The number of carbonyl (C=O) groups is 1. The van der Waals surface area contributed by atoms with Gasteiger partial charge in [0.1, 0.15) is 5.54 Å². The molecule has 0 saturated heterocycles. The topological polar surface area (TPSA) is 38.3 Å². The van der Waals surface area contributed by atoms with Gasteiger partial charge in [0.05, 0.1) is 7.11 Å². The first-order valence-electron chi connectivity index (χ1n) is 5.68. The highest BCUT2D eigenvalue weighted by atomic mass is 79.9. The van der Waals surface area contributed by atoms with Gasteiger partial charge in [-0.1, -0.05) is 28.1 Å². The Morgan fingerprint density at radius 1 is 1.41 bits per heavy atom. The molecule has 0 amide bonds. The zero-order valence-corrected chi connectivity index (χ0v) is 11.6. The number of methoxy groups -OCH3 is 1. The van der Waals surface area contributed by atoms with Crippen LogP contribution in [-0.4, -0.2) is 19.1 Å². The number of nitrogens with one attached hydrogen (secondary N) is 1.